The number of hydrogen-bond acceptors (Lipinski definition) is 4. The number of amides is 1. The molecule has 0 aliphatic carbocycles. The number of hydrogen-bond donors (Lipinski definition) is 3. The lowest BCUT2D eigenvalue weighted by molar-refractivity contribution is -0.123. The Balaban J connectivity index is 2.18. The van der Waals surface area contributed by atoms with Crippen molar-refractivity contribution < 1.29 is 14.7 Å². The number of nitrogens with zero attached hydrogens (tertiary/aromatic N) is 1. The molecule has 1 aromatic carbocycles. The normalized spacial score (nSPS) is 10.9. The van der Waals surface area contributed by atoms with Crippen LogP contribution in [0, 0.1) is 0 Å². The van der Waals surface area contributed by atoms with Crippen LogP contribution in [0.25, 0.3) is 0 Å². The maximum absolute atomic E-state index is 11.3. The molecule has 0 saturated carbocycles. The smallest absolute Gasteiger partial charge is 0.257 e. The first-order valence-corrected chi connectivity index (χ1v) is 5.13. The number of benzene rings is 1. The molecule has 0 radical (unpaired) electrons. The van der Waals surface area contributed by atoms with Crippen LogP contribution in [0.1, 0.15) is 6.42 Å². The van der Waals surface area contributed by atoms with Crippen LogP contribution < -0.4 is 15.8 Å². The van der Waals surface area contributed by atoms with Crippen LogP contribution in [0.15, 0.2) is 35.5 Å². The summed E-state index contributed by atoms with van der Waals surface area (Å²) in [6.07, 6.45) is 0.299. The minimum atomic E-state index is -0.250. The summed E-state index contributed by atoms with van der Waals surface area (Å²) in [4.78, 5) is 11.3. The van der Waals surface area contributed by atoms with E-state index in [9.17, 15) is 4.79 Å². The van der Waals surface area contributed by atoms with Crippen molar-refractivity contribution in [2.75, 3.05) is 13.2 Å². The van der Waals surface area contributed by atoms with Crippen LogP contribution in [0.2, 0.25) is 0 Å². The molecular formula is C11H15N3O3. The quantitative estimate of drug-likeness (QED) is 0.287. The summed E-state index contributed by atoms with van der Waals surface area (Å²) in [5.74, 6) is 0.466. The minimum absolute atomic E-state index is 0.0554. The van der Waals surface area contributed by atoms with Gasteiger partial charge in [-0.1, -0.05) is 23.4 Å². The maximum atomic E-state index is 11.3. The van der Waals surface area contributed by atoms with Gasteiger partial charge < -0.3 is 21.0 Å². The van der Waals surface area contributed by atoms with Crippen LogP contribution >= 0.6 is 0 Å². The van der Waals surface area contributed by atoms with Crippen molar-refractivity contribution in [3.8, 4) is 5.75 Å². The number of para-hydroxylation sites is 1. The van der Waals surface area contributed by atoms with Crippen molar-refractivity contribution in [1.82, 2.24) is 5.32 Å². The number of nitrogens with one attached hydrogen (secondary N) is 1. The molecule has 4 N–H and O–H groups in total. The van der Waals surface area contributed by atoms with Gasteiger partial charge in [-0.05, 0) is 12.1 Å². The Morgan fingerprint density at radius 1 is 1.41 bits per heavy atom. The van der Waals surface area contributed by atoms with E-state index in [1.807, 2.05) is 18.2 Å². The van der Waals surface area contributed by atoms with Crippen LogP contribution in [0.5, 0.6) is 5.75 Å². The highest BCUT2D eigenvalue weighted by Gasteiger charge is 2.02. The van der Waals surface area contributed by atoms with Crippen LogP contribution in [0.3, 0.4) is 0 Å². The molecule has 92 valence electrons. The Labute approximate surface area is 99.1 Å². The summed E-state index contributed by atoms with van der Waals surface area (Å²) in [5.41, 5.74) is 5.24. The van der Waals surface area contributed by atoms with Gasteiger partial charge in [0.25, 0.3) is 5.91 Å². The van der Waals surface area contributed by atoms with Gasteiger partial charge in [-0.15, -0.1) is 0 Å². The molecule has 1 rings (SSSR count). The molecule has 0 bridgehead atoms. The van der Waals surface area contributed by atoms with Crippen LogP contribution in [-0.4, -0.2) is 30.1 Å². The minimum Gasteiger partial charge on any atom is -0.484 e. The summed E-state index contributed by atoms with van der Waals surface area (Å²) >= 11 is 0. The van der Waals surface area contributed by atoms with E-state index in [1.54, 1.807) is 12.1 Å². The second kappa shape index (κ2) is 7.10. The highest BCUT2D eigenvalue weighted by atomic mass is 16.5. The number of rotatable bonds is 6. The van der Waals surface area contributed by atoms with Crippen molar-refractivity contribution in [1.29, 1.82) is 0 Å². The molecular weight excluding hydrogens is 222 g/mol. The van der Waals surface area contributed by atoms with Gasteiger partial charge in [0.05, 0.1) is 0 Å². The topological polar surface area (TPSA) is 96.9 Å². The van der Waals surface area contributed by atoms with Gasteiger partial charge in [0, 0.05) is 13.0 Å². The van der Waals surface area contributed by atoms with Gasteiger partial charge in [0.2, 0.25) is 0 Å². The number of carbonyl (C=O) groups excluding carboxylic acids is 1. The summed E-state index contributed by atoms with van der Waals surface area (Å²) < 4.78 is 5.23. The van der Waals surface area contributed by atoms with Gasteiger partial charge >= 0.3 is 0 Å². The van der Waals surface area contributed by atoms with Gasteiger partial charge in [0.1, 0.15) is 11.6 Å². The zero-order valence-corrected chi connectivity index (χ0v) is 9.30. The molecule has 1 amide bonds. The van der Waals surface area contributed by atoms with Crippen molar-refractivity contribution in [2.45, 2.75) is 6.42 Å². The molecule has 0 unspecified atom stereocenters. The molecule has 0 aromatic heterocycles. The van der Waals surface area contributed by atoms with Crippen LogP contribution in [0.4, 0.5) is 0 Å². The van der Waals surface area contributed by atoms with E-state index >= 15 is 0 Å². The molecule has 0 saturated heterocycles. The average molecular weight is 237 g/mol. The second-order valence-electron chi connectivity index (χ2n) is 3.29. The predicted octanol–water partition coefficient (Wildman–Crippen LogP) is 0.318. The van der Waals surface area contributed by atoms with E-state index in [4.69, 9.17) is 15.7 Å². The fraction of sp³-hybridized carbons (Fsp3) is 0.273. The van der Waals surface area contributed by atoms with Crippen molar-refractivity contribution in [2.24, 2.45) is 10.9 Å². The summed E-state index contributed by atoms with van der Waals surface area (Å²) in [5, 5.41) is 13.7. The van der Waals surface area contributed by atoms with E-state index in [1.165, 1.54) is 0 Å². The van der Waals surface area contributed by atoms with Gasteiger partial charge in [-0.25, -0.2) is 0 Å². The summed E-state index contributed by atoms with van der Waals surface area (Å²) in [6.45, 7) is 0.257. The number of amidine groups is 1. The van der Waals surface area contributed by atoms with E-state index in [2.05, 4.69) is 10.5 Å². The molecule has 6 nitrogen and oxygen atoms in total. The molecule has 0 spiro atoms. The molecule has 0 aliphatic heterocycles. The molecule has 0 fully saturated rings. The molecule has 0 heterocycles. The molecule has 0 atom stereocenters. The molecule has 0 aliphatic rings. The molecule has 1 aromatic rings. The Hall–Kier alpha value is -2.24. The third-order valence-electron chi connectivity index (χ3n) is 1.94. The van der Waals surface area contributed by atoms with E-state index in [0.717, 1.165) is 0 Å². The van der Waals surface area contributed by atoms with E-state index in [-0.39, 0.29) is 18.3 Å². The average Bonchev–Trinajstić information content (AvgIpc) is 2.37. The monoisotopic (exact) mass is 237 g/mol. The van der Waals surface area contributed by atoms with E-state index in [0.29, 0.717) is 18.7 Å². The Morgan fingerprint density at radius 2 is 2.12 bits per heavy atom. The first kappa shape index (κ1) is 12.8. The fourth-order valence-electron chi connectivity index (χ4n) is 1.10. The van der Waals surface area contributed by atoms with Crippen molar-refractivity contribution in [3.05, 3.63) is 30.3 Å². The maximum Gasteiger partial charge on any atom is 0.257 e. The second-order valence-corrected chi connectivity index (χ2v) is 3.29. The number of carbonyl (C=O) groups is 1. The molecule has 6 heteroatoms. The summed E-state index contributed by atoms with van der Waals surface area (Å²) in [7, 11) is 0. The van der Waals surface area contributed by atoms with Gasteiger partial charge in [-0.2, -0.15) is 0 Å². The molecule has 17 heavy (non-hydrogen) atoms. The van der Waals surface area contributed by atoms with Crippen LogP contribution in [-0.2, 0) is 4.79 Å². The fourth-order valence-corrected chi connectivity index (χ4v) is 1.10. The van der Waals surface area contributed by atoms with Crippen molar-refractivity contribution in [3.63, 3.8) is 0 Å². The van der Waals surface area contributed by atoms with Gasteiger partial charge in [-0.3, -0.25) is 4.79 Å². The number of ether oxygens (including phenoxy) is 1. The van der Waals surface area contributed by atoms with Gasteiger partial charge in [0.15, 0.2) is 6.61 Å². The Morgan fingerprint density at radius 3 is 2.76 bits per heavy atom. The number of nitrogens with two attached hydrogens (primary N) is 1. The lowest BCUT2D eigenvalue weighted by atomic mass is 10.3. The summed E-state index contributed by atoms with van der Waals surface area (Å²) in [6, 6.07) is 9.05. The Bertz CT molecular complexity index is 379. The lowest BCUT2D eigenvalue weighted by Gasteiger charge is -2.06. The number of oxime groups is 1. The van der Waals surface area contributed by atoms with Crippen molar-refractivity contribution >= 4 is 11.7 Å². The zero-order valence-electron chi connectivity index (χ0n) is 9.30. The lowest BCUT2D eigenvalue weighted by Crippen LogP contribution is -2.31. The zero-order chi connectivity index (χ0) is 12.5. The third-order valence-corrected chi connectivity index (χ3v) is 1.94. The first-order valence-electron chi connectivity index (χ1n) is 5.13. The first-order chi connectivity index (χ1) is 8.22. The highest BCUT2D eigenvalue weighted by molar-refractivity contribution is 5.81. The SMILES string of the molecule is NC(CCNC(=O)COc1ccccc1)=NO. The largest absolute Gasteiger partial charge is 0.484 e. The predicted molar refractivity (Wildman–Crippen MR) is 63.0 cm³/mol. The Kier molecular flexibility index (Phi) is 5.36. The highest BCUT2D eigenvalue weighted by Crippen LogP contribution is 2.07. The third kappa shape index (κ3) is 5.41. The standard InChI is InChI=1S/C11H15N3O3/c12-10(14-16)6-7-13-11(15)8-17-9-4-2-1-3-5-9/h1-5,16H,6-8H2,(H2,12,14)(H,13,15). The van der Waals surface area contributed by atoms with E-state index < -0.39 is 0 Å².